The van der Waals surface area contributed by atoms with Crippen molar-refractivity contribution in [3.8, 4) is 6.07 Å². The molecule has 4 atom stereocenters. The Labute approximate surface area is 241 Å². The van der Waals surface area contributed by atoms with Gasteiger partial charge in [0.05, 0.1) is 22.6 Å². The third-order valence-electron chi connectivity index (χ3n) is 7.37. The van der Waals surface area contributed by atoms with E-state index in [2.05, 4.69) is 36.7 Å². The fraction of sp³-hybridized carbons (Fsp3) is 0.300. The van der Waals surface area contributed by atoms with Crippen molar-refractivity contribution in [1.29, 1.82) is 5.26 Å². The third kappa shape index (κ3) is 5.01. The fourth-order valence-corrected chi connectivity index (χ4v) is 6.19. The lowest BCUT2D eigenvalue weighted by Gasteiger charge is -2.37. The summed E-state index contributed by atoms with van der Waals surface area (Å²) >= 11 is 12.5. The van der Waals surface area contributed by atoms with Crippen LogP contribution in [0.15, 0.2) is 60.7 Å². The van der Waals surface area contributed by atoms with E-state index in [-0.39, 0.29) is 16.3 Å². The molecule has 10 heteroatoms. The number of nitriles is 1. The zero-order valence-corrected chi connectivity index (χ0v) is 23.5. The number of ether oxygens (including phenoxy) is 1. The normalized spacial score (nSPS) is 23.4. The average molecular weight is 581 g/mol. The third-order valence-corrected chi connectivity index (χ3v) is 7.90. The Bertz CT molecular complexity index is 1530. The van der Waals surface area contributed by atoms with E-state index in [0.717, 1.165) is 0 Å². The van der Waals surface area contributed by atoms with E-state index in [1.165, 1.54) is 12.1 Å². The number of anilines is 2. The van der Waals surface area contributed by atoms with Gasteiger partial charge in [0.2, 0.25) is 5.91 Å². The predicted molar refractivity (Wildman–Crippen MR) is 152 cm³/mol. The summed E-state index contributed by atoms with van der Waals surface area (Å²) in [6.45, 7) is 6.19. The number of fused-ring (bicyclic) bond motifs is 2. The second-order valence-electron chi connectivity index (χ2n) is 11.3. The smallest absolute Gasteiger partial charge is 0.413 e. The Kier molecular flexibility index (Phi) is 7.26. The fourth-order valence-electron chi connectivity index (χ4n) is 5.83. The van der Waals surface area contributed by atoms with Crippen molar-refractivity contribution in [2.45, 2.75) is 50.8 Å². The second kappa shape index (κ2) is 10.4. The van der Waals surface area contributed by atoms with E-state index in [1.807, 2.05) is 12.1 Å². The molecular weight excluding hydrogens is 554 g/mol. The van der Waals surface area contributed by atoms with Gasteiger partial charge in [0, 0.05) is 22.4 Å². The van der Waals surface area contributed by atoms with Crippen molar-refractivity contribution in [2.24, 2.45) is 5.41 Å². The molecule has 0 aliphatic carbocycles. The summed E-state index contributed by atoms with van der Waals surface area (Å²) < 4.78 is 20.2. The van der Waals surface area contributed by atoms with Crippen LogP contribution in [0.1, 0.15) is 49.8 Å². The number of nitrogens with one attached hydrogen (secondary N) is 3. The molecule has 1 saturated heterocycles. The Hall–Kier alpha value is -3.64. The van der Waals surface area contributed by atoms with Gasteiger partial charge < -0.3 is 10.1 Å². The minimum Gasteiger partial charge on any atom is -0.429 e. The molecule has 2 heterocycles. The van der Waals surface area contributed by atoms with Gasteiger partial charge >= 0.3 is 6.09 Å². The van der Waals surface area contributed by atoms with Crippen molar-refractivity contribution in [1.82, 2.24) is 5.32 Å². The molecule has 206 valence electrons. The average Bonchev–Trinajstić information content (AvgIpc) is 3.33. The number of amides is 2. The lowest BCUT2D eigenvalue weighted by atomic mass is 9.63. The summed E-state index contributed by atoms with van der Waals surface area (Å²) in [5.41, 5.74) is 1.24. The molecule has 5 rings (SSSR count). The van der Waals surface area contributed by atoms with Crippen LogP contribution in [0.3, 0.4) is 0 Å². The van der Waals surface area contributed by atoms with E-state index in [4.69, 9.17) is 33.2 Å². The Morgan fingerprint density at radius 3 is 2.50 bits per heavy atom. The van der Waals surface area contributed by atoms with Crippen LogP contribution < -0.4 is 16.0 Å². The molecule has 1 fully saturated rings. The Balaban J connectivity index is 1.61. The first-order valence-corrected chi connectivity index (χ1v) is 13.5. The lowest BCUT2D eigenvalue weighted by Crippen LogP contribution is -2.49. The molecule has 3 N–H and O–H groups in total. The molecule has 0 radical (unpaired) electrons. The molecule has 40 heavy (non-hydrogen) atoms. The highest BCUT2D eigenvalue weighted by Crippen LogP contribution is 2.57. The van der Waals surface area contributed by atoms with Crippen molar-refractivity contribution < 1.29 is 18.7 Å². The predicted octanol–water partition coefficient (Wildman–Crippen LogP) is 6.96. The molecule has 2 aliphatic rings. The van der Waals surface area contributed by atoms with Gasteiger partial charge in [-0.2, -0.15) is 5.26 Å². The summed E-state index contributed by atoms with van der Waals surface area (Å²) in [6, 6.07) is 17.4. The summed E-state index contributed by atoms with van der Waals surface area (Å²) in [6.07, 6.45) is -1.20. The number of carbonyl (C=O) groups is 2. The summed E-state index contributed by atoms with van der Waals surface area (Å²) in [5, 5.41) is 18.5. The topological polar surface area (TPSA) is 103 Å². The lowest BCUT2D eigenvalue weighted by molar-refractivity contribution is -0.122. The van der Waals surface area contributed by atoms with E-state index >= 15 is 0 Å². The zero-order valence-electron chi connectivity index (χ0n) is 22.0. The monoisotopic (exact) mass is 580 g/mol. The first kappa shape index (κ1) is 27.9. The molecule has 2 amide bonds. The number of hydrogen-bond donors (Lipinski definition) is 3. The number of carbonyl (C=O) groups excluding carboxylic acids is 2. The minimum absolute atomic E-state index is 0.109. The maximum atomic E-state index is 14.3. The van der Waals surface area contributed by atoms with Crippen molar-refractivity contribution in [3.63, 3.8) is 0 Å². The SMILES string of the molecule is CC(C)(C)C[C@@H]1N[C@H](OC(=O)Nc2ccc(C#N)cc2)[C@H](c2ccc(F)c(Cl)c2)[C@]12C(=O)Nc1cc(Cl)ccc12. The second-order valence-corrected chi connectivity index (χ2v) is 12.1. The van der Waals surface area contributed by atoms with E-state index in [9.17, 15) is 14.0 Å². The molecular formula is C30H27Cl2FN4O3. The number of halogens is 3. The van der Waals surface area contributed by atoms with Gasteiger partial charge in [-0.05, 0) is 71.5 Å². The Morgan fingerprint density at radius 1 is 1.12 bits per heavy atom. The maximum Gasteiger partial charge on any atom is 0.413 e. The van der Waals surface area contributed by atoms with Crippen LogP contribution in [-0.2, 0) is 14.9 Å². The summed E-state index contributed by atoms with van der Waals surface area (Å²) in [4.78, 5) is 27.2. The molecule has 0 aromatic heterocycles. The first-order valence-electron chi connectivity index (χ1n) is 12.7. The summed E-state index contributed by atoms with van der Waals surface area (Å²) in [7, 11) is 0. The molecule has 0 unspecified atom stereocenters. The number of nitrogens with zero attached hydrogens (tertiary/aromatic N) is 1. The highest BCUT2D eigenvalue weighted by molar-refractivity contribution is 6.31. The largest absolute Gasteiger partial charge is 0.429 e. The van der Waals surface area contributed by atoms with Crippen LogP contribution in [0.5, 0.6) is 0 Å². The van der Waals surface area contributed by atoms with Gasteiger partial charge in [-0.3, -0.25) is 15.4 Å². The van der Waals surface area contributed by atoms with E-state index in [1.54, 1.807) is 42.5 Å². The van der Waals surface area contributed by atoms with Gasteiger partial charge in [-0.15, -0.1) is 0 Å². The first-order chi connectivity index (χ1) is 18.9. The summed E-state index contributed by atoms with van der Waals surface area (Å²) in [5.74, 6) is -1.65. The van der Waals surface area contributed by atoms with Crippen molar-refractivity contribution in [2.75, 3.05) is 10.6 Å². The van der Waals surface area contributed by atoms with Crippen LogP contribution in [0.2, 0.25) is 10.0 Å². The van der Waals surface area contributed by atoms with Gasteiger partial charge in [0.15, 0.2) is 6.23 Å². The minimum atomic E-state index is -1.23. The van der Waals surface area contributed by atoms with Crippen molar-refractivity contribution >= 4 is 46.6 Å². The molecule has 7 nitrogen and oxygen atoms in total. The molecule has 0 bridgehead atoms. The van der Waals surface area contributed by atoms with Crippen LogP contribution >= 0.6 is 23.2 Å². The number of rotatable bonds is 4. The molecule has 0 saturated carbocycles. The standard InChI is InChI=1S/C30H27Cl2FN4O3/c1-29(2,3)14-24-30(20-10-7-18(31)13-23(20)36-27(30)38)25(17-6-11-22(33)21(32)12-17)26(37-24)40-28(39)35-19-8-4-16(15-34)5-9-19/h4-13,24-26,37H,14H2,1-3H3,(H,35,39)(H,36,38)/t24-,25-,26+,30+/m0/s1. The number of hydrogen-bond acceptors (Lipinski definition) is 5. The molecule has 3 aromatic rings. The van der Waals surface area contributed by atoms with Crippen LogP contribution in [0.4, 0.5) is 20.6 Å². The Morgan fingerprint density at radius 2 is 1.85 bits per heavy atom. The zero-order chi connectivity index (χ0) is 28.8. The van der Waals surface area contributed by atoms with Crippen LogP contribution in [0.25, 0.3) is 0 Å². The quantitative estimate of drug-likeness (QED) is 0.309. The van der Waals surface area contributed by atoms with Gasteiger partial charge in [-0.1, -0.05) is 56.1 Å². The molecule has 1 spiro atoms. The van der Waals surface area contributed by atoms with E-state index < -0.39 is 35.5 Å². The van der Waals surface area contributed by atoms with E-state index in [0.29, 0.717) is 39.5 Å². The van der Waals surface area contributed by atoms with Gasteiger partial charge in [0.1, 0.15) is 11.2 Å². The maximum absolute atomic E-state index is 14.3. The van der Waals surface area contributed by atoms with Gasteiger partial charge in [0.25, 0.3) is 0 Å². The highest BCUT2D eigenvalue weighted by Gasteiger charge is 2.65. The number of benzene rings is 3. The van der Waals surface area contributed by atoms with Crippen LogP contribution in [-0.4, -0.2) is 24.3 Å². The highest BCUT2D eigenvalue weighted by atomic mass is 35.5. The van der Waals surface area contributed by atoms with Crippen molar-refractivity contribution in [3.05, 3.63) is 93.2 Å². The molecule has 3 aromatic carbocycles. The van der Waals surface area contributed by atoms with Gasteiger partial charge in [-0.25, -0.2) is 9.18 Å². The van der Waals surface area contributed by atoms with Crippen LogP contribution in [0, 0.1) is 22.6 Å². The molecule has 2 aliphatic heterocycles.